The van der Waals surface area contributed by atoms with Gasteiger partial charge in [-0.1, -0.05) is 6.92 Å². The number of rotatable bonds is 5. The second kappa shape index (κ2) is 8.20. The smallest absolute Gasteiger partial charge is 0.289 e. The maximum atomic E-state index is 12.4. The van der Waals surface area contributed by atoms with Crippen molar-refractivity contribution in [3.05, 3.63) is 51.6 Å². The van der Waals surface area contributed by atoms with Gasteiger partial charge in [-0.15, -0.1) is 0 Å². The minimum atomic E-state index is -0.271. The Labute approximate surface area is 157 Å². The quantitative estimate of drug-likeness (QED) is 0.820. The molecule has 1 aliphatic rings. The van der Waals surface area contributed by atoms with Crippen LogP contribution in [0.2, 0.25) is 0 Å². The maximum Gasteiger partial charge on any atom is 0.289 e. The predicted octanol–water partition coefficient (Wildman–Crippen LogP) is 1.20. The van der Waals surface area contributed by atoms with Crippen LogP contribution in [0.5, 0.6) is 0 Å². The maximum absolute atomic E-state index is 12.4. The van der Waals surface area contributed by atoms with Crippen molar-refractivity contribution in [1.29, 1.82) is 0 Å². The molecule has 3 heterocycles. The normalized spacial score (nSPS) is 17.0. The Morgan fingerprint density at radius 3 is 2.93 bits per heavy atom. The molecule has 8 heteroatoms. The van der Waals surface area contributed by atoms with Crippen molar-refractivity contribution >= 4 is 11.8 Å². The van der Waals surface area contributed by atoms with E-state index in [2.05, 4.69) is 15.3 Å². The SMILES string of the molecule is CCc1nc(C)c(CC(=O)N[C@H]2CCCN(C(=O)c3ccco3)C2)c(=O)[nH]1. The van der Waals surface area contributed by atoms with Crippen molar-refractivity contribution in [3.63, 3.8) is 0 Å². The molecule has 2 aromatic heterocycles. The highest BCUT2D eigenvalue weighted by molar-refractivity contribution is 5.91. The first-order valence-corrected chi connectivity index (χ1v) is 9.18. The van der Waals surface area contributed by atoms with Crippen molar-refractivity contribution in [2.75, 3.05) is 13.1 Å². The minimum absolute atomic E-state index is 0.0270. The highest BCUT2D eigenvalue weighted by atomic mass is 16.3. The summed E-state index contributed by atoms with van der Waals surface area (Å²) in [5.74, 6) is 0.491. The molecule has 1 aliphatic heterocycles. The van der Waals surface area contributed by atoms with Gasteiger partial charge >= 0.3 is 0 Å². The molecule has 0 spiro atoms. The number of amides is 2. The summed E-state index contributed by atoms with van der Waals surface area (Å²) < 4.78 is 5.17. The highest BCUT2D eigenvalue weighted by Gasteiger charge is 2.27. The van der Waals surface area contributed by atoms with Crippen LogP contribution in [0.4, 0.5) is 0 Å². The molecular formula is C19H24N4O4. The van der Waals surface area contributed by atoms with E-state index in [1.165, 1.54) is 6.26 Å². The molecule has 0 aliphatic carbocycles. The van der Waals surface area contributed by atoms with Crippen LogP contribution in [-0.4, -0.2) is 45.8 Å². The summed E-state index contributed by atoms with van der Waals surface area (Å²) in [5.41, 5.74) is 0.681. The zero-order chi connectivity index (χ0) is 19.4. The van der Waals surface area contributed by atoms with Gasteiger partial charge in [-0.25, -0.2) is 4.98 Å². The molecule has 0 bridgehead atoms. The van der Waals surface area contributed by atoms with E-state index >= 15 is 0 Å². The van der Waals surface area contributed by atoms with Crippen LogP contribution in [0.3, 0.4) is 0 Å². The fourth-order valence-corrected chi connectivity index (χ4v) is 3.32. The van der Waals surface area contributed by atoms with Crippen LogP contribution >= 0.6 is 0 Å². The first-order valence-electron chi connectivity index (χ1n) is 9.18. The van der Waals surface area contributed by atoms with E-state index in [-0.39, 0.29) is 29.8 Å². The number of H-pyrrole nitrogens is 1. The topological polar surface area (TPSA) is 108 Å². The standard InChI is InChI=1S/C19H24N4O4/c1-3-16-20-12(2)14(18(25)22-16)10-17(24)21-13-6-4-8-23(11-13)19(26)15-7-5-9-27-15/h5,7,9,13H,3-4,6,8,10-11H2,1-2H3,(H,21,24)(H,20,22,25)/t13-/m0/s1. The number of furan rings is 1. The highest BCUT2D eigenvalue weighted by Crippen LogP contribution is 2.14. The number of aromatic amines is 1. The van der Waals surface area contributed by atoms with Crippen molar-refractivity contribution in [2.45, 2.75) is 45.6 Å². The average Bonchev–Trinajstić information content (AvgIpc) is 3.18. The summed E-state index contributed by atoms with van der Waals surface area (Å²) in [5, 5.41) is 2.94. The number of nitrogens with one attached hydrogen (secondary N) is 2. The molecule has 2 amide bonds. The van der Waals surface area contributed by atoms with Crippen LogP contribution in [-0.2, 0) is 17.6 Å². The Morgan fingerprint density at radius 1 is 1.44 bits per heavy atom. The molecule has 1 atom stereocenters. The van der Waals surface area contributed by atoms with Crippen LogP contribution in [0.25, 0.3) is 0 Å². The van der Waals surface area contributed by atoms with Crippen molar-refractivity contribution in [2.24, 2.45) is 0 Å². The Kier molecular flexibility index (Phi) is 5.73. The molecule has 3 rings (SSSR count). The van der Waals surface area contributed by atoms with Gasteiger partial charge in [0.15, 0.2) is 5.76 Å². The van der Waals surface area contributed by atoms with Crippen LogP contribution in [0.1, 0.15) is 47.4 Å². The number of carbonyl (C=O) groups is 2. The number of carbonyl (C=O) groups excluding carboxylic acids is 2. The lowest BCUT2D eigenvalue weighted by Gasteiger charge is -2.32. The molecule has 8 nitrogen and oxygen atoms in total. The second-order valence-corrected chi connectivity index (χ2v) is 6.74. The first kappa shape index (κ1) is 18.9. The van der Waals surface area contributed by atoms with Gasteiger partial charge in [0.05, 0.1) is 12.7 Å². The van der Waals surface area contributed by atoms with Crippen molar-refractivity contribution in [1.82, 2.24) is 20.2 Å². The van der Waals surface area contributed by atoms with Gasteiger partial charge in [-0.05, 0) is 31.9 Å². The lowest BCUT2D eigenvalue weighted by molar-refractivity contribution is -0.121. The van der Waals surface area contributed by atoms with Gasteiger partial charge in [-0.2, -0.15) is 0 Å². The molecule has 0 radical (unpaired) electrons. The summed E-state index contributed by atoms with van der Waals surface area (Å²) in [6.07, 6.45) is 3.65. The third kappa shape index (κ3) is 4.45. The molecule has 27 heavy (non-hydrogen) atoms. The molecular weight excluding hydrogens is 348 g/mol. The molecule has 2 aromatic rings. The largest absolute Gasteiger partial charge is 0.459 e. The van der Waals surface area contributed by atoms with E-state index < -0.39 is 0 Å². The van der Waals surface area contributed by atoms with Gasteiger partial charge in [0.2, 0.25) is 5.91 Å². The number of hydrogen-bond acceptors (Lipinski definition) is 5. The number of likely N-dealkylation sites (tertiary alicyclic amines) is 1. The molecule has 144 valence electrons. The fraction of sp³-hybridized carbons (Fsp3) is 0.474. The summed E-state index contributed by atoms with van der Waals surface area (Å²) in [6, 6.07) is 3.16. The van der Waals surface area contributed by atoms with E-state index in [0.29, 0.717) is 42.4 Å². The number of piperidine rings is 1. The van der Waals surface area contributed by atoms with Crippen LogP contribution < -0.4 is 10.9 Å². The monoisotopic (exact) mass is 372 g/mol. The minimum Gasteiger partial charge on any atom is -0.459 e. The number of aromatic nitrogens is 2. The Balaban J connectivity index is 1.61. The lowest BCUT2D eigenvalue weighted by atomic mass is 10.0. The molecule has 0 saturated carbocycles. The lowest BCUT2D eigenvalue weighted by Crippen LogP contribution is -2.50. The number of aryl methyl sites for hydroxylation is 2. The van der Waals surface area contributed by atoms with Crippen LogP contribution in [0.15, 0.2) is 27.6 Å². The average molecular weight is 372 g/mol. The zero-order valence-electron chi connectivity index (χ0n) is 15.6. The van der Waals surface area contributed by atoms with E-state index in [4.69, 9.17) is 4.42 Å². The second-order valence-electron chi connectivity index (χ2n) is 6.74. The fourth-order valence-electron chi connectivity index (χ4n) is 3.32. The molecule has 2 N–H and O–H groups in total. The molecule has 1 fully saturated rings. The summed E-state index contributed by atoms with van der Waals surface area (Å²) >= 11 is 0. The predicted molar refractivity (Wildman–Crippen MR) is 98.5 cm³/mol. The third-order valence-electron chi connectivity index (χ3n) is 4.75. The number of hydrogen-bond donors (Lipinski definition) is 2. The van der Waals surface area contributed by atoms with Gasteiger partial charge in [0.25, 0.3) is 11.5 Å². The summed E-state index contributed by atoms with van der Waals surface area (Å²) in [7, 11) is 0. The van der Waals surface area contributed by atoms with Crippen molar-refractivity contribution < 1.29 is 14.0 Å². The number of nitrogens with zero attached hydrogens (tertiary/aromatic N) is 2. The summed E-state index contributed by atoms with van der Waals surface area (Å²) in [6.45, 7) is 4.70. The van der Waals surface area contributed by atoms with Crippen LogP contribution in [0, 0.1) is 6.92 Å². The van der Waals surface area contributed by atoms with Gasteiger partial charge in [-0.3, -0.25) is 14.4 Å². The van der Waals surface area contributed by atoms with Gasteiger partial charge < -0.3 is 19.6 Å². The Morgan fingerprint density at radius 2 is 2.26 bits per heavy atom. The Hall–Kier alpha value is -2.90. The van der Waals surface area contributed by atoms with E-state index in [0.717, 1.165) is 12.8 Å². The van der Waals surface area contributed by atoms with Gasteiger partial charge in [0.1, 0.15) is 5.82 Å². The Bertz CT molecular complexity index is 872. The van der Waals surface area contributed by atoms with E-state index in [1.54, 1.807) is 24.0 Å². The van der Waals surface area contributed by atoms with Gasteiger partial charge in [0, 0.05) is 36.8 Å². The molecule has 1 saturated heterocycles. The first-order chi connectivity index (χ1) is 13.0. The van der Waals surface area contributed by atoms with Crippen molar-refractivity contribution in [3.8, 4) is 0 Å². The zero-order valence-corrected chi connectivity index (χ0v) is 15.6. The van der Waals surface area contributed by atoms with E-state index in [1.807, 2.05) is 6.92 Å². The molecule has 0 unspecified atom stereocenters. The third-order valence-corrected chi connectivity index (χ3v) is 4.75. The molecule has 0 aromatic carbocycles. The van der Waals surface area contributed by atoms with E-state index in [9.17, 15) is 14.4 Å². The summed E-state index contributed by atoms with van der Waals surface area (Å²) in [4.78, 5) is 45.7.